The van der Waals surface area contributed by atoms with Crippen molar-refractivity contribution in [3.8, 4) is 0 Å². The van der Waals surface area contributed by atoms with Crippen molar-refractivity contribution in [3.63, 3.8) is 0 Å². The number of amides is 1. The molecular formula is C17H28N2O. The van der Waals surface area contributed by atoms with Gasteiger partial charge in [0.05, 0.1) is 5.56 Å². The van der Waals surface area contributed by atoms with Crippen molar-refractivity contribution in [2.45, 2.75) is 59.4 Å². The largest absolute Gasteiger partial charge is 0.385 e. The predicted octanol–water partition coefficient (Wildman–Crippen LogP) is 4.13. The number of hydrogen-bond acceptors (Lipinski definition) is 2. The molecular weight excluding hydrogens is 248 g/mol. The number of benzene rings is 1. The molecule has 0 aliphatic rings. The fourth-order valence-electron chi connectivity index (χ4n) is 2.26. The third-order valence-corrected chi connectivity index (χ3v) is 3.41. The zero-order chi connectivity index (χ0) is 15.0. The molecule has 0 saturated carbocycles. The lowest BCUT2D eigenvalue weighted by Gasteiger charge is -2.16. The molecule has 0 spiro atoms. The molecule has 0 aliphatic heterocycles. The summed E-state index contributed by atoms with van der Waals surface area (Å²) >= 11 is 0. The number of carbonyl (C=O) groups is 1. The molecule has 0 heterocycles. The number of anilines is 1. The summed E-state index contributed by atoms with van der Waals surface area (Å²) in [5.74, 6) is 0.0219. The minimum Gasteiger partial charge on any atom is -0.385 e. The van der Waals surface area contributed by atoms with E-state index in [0.29, 0.717) is 0 Å². The van der Waals surface area contributed by atoms with Gasteiger partial charge in [-0.05, 0) is 39.3 Å². The van der Waals surface area contributed by atoms with E-state index in [1.807, 2.05) is 32.0 Å². The van der Waals surface area contributed by atoms with E-state index in [0.717, 1.165) is 29.8 Å². The summed E-state index contributed by atoms with van der Waals surface area (Å²) in [6.07, 6.45) is 4.66. The summed E-state index contributed by atoms with van der Waals surface area (Å²) < 4.78 is 0. The molecule has 0 radical (unpaired) electrons. The van der Waals surface area contributed by atoms with Gasteiger partial charge in [0, 0.05) is 18.3 Å². The molecule has 0 bridgehead atoms. The van der Waals surface area contributed by atoms with Crippen molar-refractivity contribution in [1.82, 2.24) is 5.32 Å². The van der Waals surface area contributed by atoms with Crippen LogP contribution in [0.3, 0.4) is 0 Å². The molecule has 0 fully saturated rings. The lowest BCUT2D eigenvalue weighted by Crippen LogP contribution is -2.33. The Balaban J connectivity index is 2.68. The number of hydrogen-bond donors (Lipinski definition) is 2. The van der Waals surface area contributed by atoms with Crippen LogP contribution in [0.1, 0.15) is 62.4 Å². The van der Waals surface area contributed by atoms with Gasteiger partial charge in [0.25, 0.3) is 5.91 Å². The van der Waals surface area contributed by atoms with Crippen molar-refractivity contribution >= 4 is 11.6 Å². The van der Waals surface area contributed by atoms with Crippen LogP contribution in [0, 0.1) is 6.92 Å². The number of rotatable bonds is 8. The highest BCUT2D eigenvalue weighted by Crippen LogP contribution is 2.17. The maximum atomic E-state index is 12.4. The van der Waals surface area contributed by atoms with Crippen LogP contribution in [0.4, 0.5) is 5.69 Å². The second-order valence-electron chi connectivity index (χ2n) is 5.45. The Morgan fingerprint density at radius 1 is 1.25 bits per heavy atom. The highest BCUT2D eigenvalue weighted by Gasteiger charge is 2.13. The highest BCUT2D eigenvalue weighted by atomic mass is 16.1. The lowest BCUT2D eigenvalue weighted by molar-refractivity contribution is 0.0938. The van der Waals surface area contributed by atoms with Crippen LogP contribution >= 0.6 is 0 Å². The first-order chi connectivity index (χ1) is 9.58. The number of unbranched alkanes of at least 4 members (excludes halogenated alkanes) is 2. The Kier molecular flexibility index (Phi) is 7.13. The first-order valence-corrected chi connectivity index (χ1v) is 7.73. The monoisotopic (exact) mass is 276 g/mol. The zero-order valence-corrected chi connectivity index (χ0v) is 13.3. The van der Waals surface area contributed by atoms with Gasteiger partial charge < -0.3 is 10.6 Å². The fourth-order valence-corrected chi connectivity index (χ4v) is 2.26. The van der Waals surface area contributed by atoms with E-state index in [-0.39, 0.29) is 11.9 Å². The quantitative estimate of drug-likeness (QED) is 0.701. The Morgan fingerprint density at radius 2 is 2.00 bits per heavy atom. The van der Waals surface area contributed by atoms with Gasteiger partial charge in [0.15, 0.2) is 0 Å². The van der Waals surface area contributed by atoms with Crippen LogP contribution in [0.2, 0.25) is 0 Å². The Bertz CT molecular complexity index is 429. The molecule has 2 N–H and O–H groups in total. The molecule has 1 unspecified atom stereocenters. The minimum absolute atomic E-state index is 0.0219. The summed E-state index contributed by atoms with van der Waals surface area (Å²) in [5.41, 5.74) is 2.76. The Morgan fingerprint density at radius 3 is 2.65 bits per heavy atom. The van der Waals surface area contributed by atoms with Gasteiger partial charge in [-0.3, -0.25) is 4.79 Å². The SMILES string of the molecule is CCCCCC(C)NC(=O)c1cc(C)ccc1NCC. The molecule has 1 rings (SSSR count). The summed E-state index contributed by atoms with van der Waals surface area (Å²) in [4.78, 5) is 12.4. The molecule has 0 saturated heterocycles. The molecule has 1 aromatic rings. The summed E-state index contributed by atoms with van der Waals surface area (Å²) in [6, 6.07) is 6.19. The molecule has 0 aliphatic carbocycles. The van der Waals surface area contributed by atoms with Gasteiger partial charge in [-0.25, -0.2) is 0 Å². The summed E-state index contributed by atoms with van der Waals surface area (Å²) in [7, 11) is 0. The van der Waals surface area contributed by atoms with Crippen LogP contribution in [0.5, 0.6) is 0 Å². The highest BCUT2D eigenvalue weighted by molar-refractivity contribution is 6.00. The van der Waals surface area contributed by atoms with Crippen LogP contribution in [0.25, 0.3) is 0 Å². The molecule has 1 amide bonds. The second kappa shape index (κ2) is 8.62. The standard InChI is InChI=1S/C17H28N2O/c1-5-7-8-9-14(4)19-17(20)15-12-13(3)10-11-16(15)18-6-2/h10-12,14,18H,5-9H2,1-4H3,(H,19,20). The average Bonchev–Trinajstić information content (AvgIpc) is 2.41. The van der Waals surface area contributed by atoms with E-state index in [1.54, 1.807) is 0 Å². The Hall–Kier alpha value is -1.51. The molecule has 1 atom stereocenters. The van der Waals surface area contributed by atoms with Gasteiger partial charge in [0.2, 0.25) is 0 Å². The molecule has 112 valence electrons. The normalized spacial score (nSPS) is 12.0. The van der Waals surface area contributed by atoms with Crippen LogP contribution in [-0.2, 0) is 0 Å². The van der Waals surface area contributed by atoms with Crippen molar-refractivity contribution in [2.75, 3.05) is 11.9 Å². The van der Waals surface area contributed by atoms with Gasteiger partial charge >= 0.3 is 0 Å². The maximum Gasteiger partial charge on any atom is 0.253 e. The first-order valence-electron chi connectivity index (χ1n) is 7.73. The molecule has 20 heavy (non-hydrogen) atoms. The van der Waals surface area contributed by atoms with E-state index in [2.05, 4.69) is 24.5 Å². The first kappa shape index (κ1) is 16.5. The van der Waals surface area contributed by atoms with Crippen LogP contribution in [-0.4, -0.2) is 18.5 Å². The van der Waals surface area contributed by atoms with E-state index in [1.165, 1.54) is 19.3 Å². The second-order valence-corrected chi connectivity index (χ2v) is 5.45. The van der Waals surface area contributed by atoms with Crippen LogP contribution < -0.4 is 10.6 Å². The number of nitrogens with one attached hydrogen (secondary N) is 2. The van der Waals surface area contributed by atoms with E-state index >= 15 is 0 Å². The predicted molar refractivity (Wildman–Crippen MR) is 86.4 cm³/mol. The number of carbonyl (C=O) groups excluding carboxylic acids is 1. The van der Waals surface area contributed by atoms with E-state index < -0.39 is 0 Å². The van der Waals surface area contributed by atoms with Gasteiger partial charge in [0.1, 0.15) is 0 Å². The minimum atomic E-state index is 0.0219. The molecule has 3 heteroatoms. The zero-order valence-electron chi connectivity index (χ0n) is 13.3. The van der Waals surface area contributed by atoms with Crippen molar-refractivity contribution in [2.24, 2.45) is 0 Å². The molecule has 1 aromatic carbocycles. The van der Waals surface area contributed by atoms with Crippen molar-refractivity contribution in [3.05, 3.63) is 29.3 Å². The third-order valence-electron chi connectivity index (χ3n) is 3.41. The third kappa shape index (κ3) is 5.24. The maximum absolute atomic E-state index is 12.4. The van der Waals surface area contributed by atoms with Gasteiger partial charge in [-0.15, -0.1) is 0 Å². The summed E-state index contributed by atoms with van der Waals surface area (Å²) in [5, 5.41) is 6.35. The van der Waals surface area contributed by atoms with Gasteiger partial charge in [-0.1, -0.05) is 37.8 Å². The van der Waals surface area contributed by atoms with E-state index in [4.69, 9.17) is 0 Å². The van der Waals surface area contributed by atoms with Crippen molar-refractivity contribution < 1.29 is 4.79 Å². The molecule has 0 aromatic heterocycles. The molecule has 3 nitrogen and oxygen atoms in total. The average molecular weight is 276 g/mol. The van der Waals surface area contributed by atoms with E-state index in [9.17, 15) is 4.79 Å². The topological polar surface area (TPSA) is 41.1 Å². The summed E-state index contributed by atoms with van der Waals surface area (Å²) in [6.45, 7) is 9.14. The smallest absolute Gasteiger partial charge is 0.253 e. The van der Waals surface area contributed by atoms with Gasteiger partial charge in [-0.2, -0.15) is 0 Å². The fraction of sp³-hybridized carbons (Fsp3) is 0.588. The van der Waals surface area contributed by atoms with Crippen LogP contribution in [0.15, 0.2) is 18.2 Å². The van der Waals surface area contributed by atoms with Crippen molar-refractivity contribution in [1.29, 1.82) is 0 Å². The Labute approximate surface area is 123 Å². The lowest BCUT2D eigenvalue weighted by atomic mass is 10.1. The number of aryl methyl sites for hydroxylation is 1.